The van der Waals surface area contributed by atoms with Crippen LogP contribution in [0.25, 0.3) is 0 Å². The zero-order valence-corrected chi connectivity index (χ0v) is 11.4. The number of ether oxygens (including phenoxy) is 1. The highest BCUT2D eigenvalue weighted by Crippen LogP contribution is 2.19. The molecule has 0 radical (unpaired) electrons. The van der Waals surface area contributed by atoms with Gasteiger partial charge in [0.2, 0.25) is 5.91 Å². The quantitative estimate of drug-likeness (QED) is 0.686. The third-order valence-electron chi connectivity index (χ3n) is 3.36. The van der Waals surface area contributed by atoms with Crippen LogP contribution in [0.4, 0.5) is 0 Å². The highest BCUT2D eigenvalue weighted by molar-refractivity contribution is 5.76. The Morgan fingerprint density at radius 1 is 1.35 bits per heavy atom. The summed E-state index contributed by atoms with van der Waals surface area (Å²) >= 11 is 0. The van der Waals surface area contributed by atoms with E-state index in [0.29, 0.717) is 19.6 Å². The average molecular weight is 242 g/mol. The van der Waals surface area contributed by atoms with Crippen molar-refractivity contribution in [2.24, 2.45) is 0 Å². The standard InChI is InChI=1S/C13H26N2O2/c1-4-17-10-7-12(16)14-11-13(2,3)15-8-5-6-9-15/h4-11H2,1-3H3,(H,14,16). The van der Waals surface area contributed by atoms with E-state index in [9.17, 15) is 4.79 Å². The first-order chi connectivity index (χ1) is 8.06. The van der Waals surface area contributed by atoms with Crippen LogP contribution in [0.5, 0.6) is 0 Å². The van der Waals surface area contributed by atoms with Crippen LogP contribution in [0.3, 0.4) is 0 Å². The summed E-state index contributed by atoms with van der Waals surface area (Å²) in [5.74, 6) is 0.0886. The second kappa shape index (κ2) is 6.97. The molecule has 0 saturated carbocycles. The molecule has 17 heavy (non-hydrogen) atoms. The molecule has 1 N–H and O–H groups in total. The van der Waals surface area contributed by atoms with Gasteiger partial charge in [-0.2, -0.15) is 0 Å². The molecule has 0 spiro atoms. The number of rotatable bonds is 7. The van der Waals surface area contributed by atoms with E-state index >= 15 is 0 Å². The molecular formula is C13H26N2O2. The summed E-state index contributed by atoms with van der Waals surface area (Å²) in [6, 6.07) is 0. The van der Waals surface area contributed by atoms with Gasteiger partial charge < -0.3 is 10.1 Å². The van der Waals surface area contributed by atoms with Gasteiger partial charge in [-0.3, -0.25) is 9.69 Å². The Morgan fingerprint density at radius 2 is 2.00 bits per heavy atom. The number of hydrogen-bond donors (Lipinski definition) is 1. The molecular weight excluding hydrogens is 216 g/mol. The molecule has 1 heterocycles. The van der Waals surface area contributed by atoms with E-state index in [1.54, 1.807) is 0 Å². The molecule has 1 amide bonds. The summed E-state index contributed by atoms with van der Waals surface area (Å²) in [5, 5.41) is 3.00. The van der Waals surface area contributed by atoms with Gasteiger partial charge in [-0.1, -0.05) is 0 Å². The van der Waals surface area contributed by atoms with E-state index in [-0.39, 0.29) is 11.4 Å². The molecule has 0 bridgehead atoms. The molecule has 4 nitrogen and oxygen atoms in total. The Bertz CT molecular complexity index is 236. The van der Waals surface area contributed by atoms with Gasteiger partial charge >= 0.3 is 0 Å². The molecule has 1 aliphatic heterocycles. The van der Waals surface area contributed by atoms with Crippen molar-refractivity contribution in [3.05, 3.63) is 0 Å². The lowest BCUT2D eigenvalue weighted by Gasteiger charge is -2.35. The number of hydrogen-bond acceptors (Lipinski definition) is 3. The minimum Gasteiger partial charge on any atom is -0.381 e. The Labute approximate surface area is 105 Å². The lowest BCUT2D eigenvalue weighted by molar-refractivity contribution is -0.122. The summed E-state index contributed by atoms with van der Waals surface area (Å²) in [7, 11) is 0. The number of amides is 1. The summed E-state index contributed by atoms with van der Waals surface area (Å²) in [4.78, 5) is 14.0. The smallest absolute Gasteiger partial charge is 0.222 e. The van der Waals surface area contributed by atoms with Crippen molar-refractivity contribution < 1.29 is 9.53 Å². The number of nitrogens with zero attached hydrogens (tertiary/aromatic N) is 1. The number of carbonyl (C=O) groups is 1. The first-order valence-electron chi connectivity index (χ1n) is 6.66. The lowest BCUT2D eigenvalue weighted by atomic mass is 10.0. The second-order valence-electron chi connectivity index (χ2n) is 5.23. The van der Waals surface area contributed by atoms with E-state index in [0.717, 1.165) is 19.6 Å². The van der Waals surface area contributed by atoms with Crippen LogP contribution in [-0.2, 0) is 9.53 Å². The van der Waals surface area contributed by atoms with E-state index in [2.05, 4.69) is 24.1 Å². The topological polar surface area (TPSA) is 41.6 Å². The molecule has 0 atom stereocenters. The maximum Gasteiger partial charge on any atom is 0.222 e. The largest absolute Gasteiger partial charge is 0.381 e. The van der Waals surface area contributed by atoms with Crippen molar-refractivity contribution in [3.8, 4) is 0 Å². The van der Waals surface area contributed by atoms with Gasteiger partial charge in [-0.15, -0.1) is 0 Å². The highest BCUT2D eigenvalue weighted by atomic mass is 16.5. The van der Waals surface area contributed by atoms with Gasteiger partial charge in [0, 0.05) is 25.1 Å². The van der Waals surface area contributed by atoms with Gasteiger partial charge in [0.05, 0.1) is 6.61 Å². The molecule has 0 aromatic carbocycles. The Kier molecular flexibility index (Phi) is 5.92. The zero-order chi connectivity index (χ0) is 12.7. The van der Waals surface area contributed by atoms with Gasteiger partial charge in [-0.05, 0) is 46.7 Å². The first kappa shape index (κ1) is 14.5. The minimum absolute atomic E-state index is 0.0672. The monoisotopic (exact) mass is 242 g/mol. The zero-order valence-electron chi connectivity index (χ0n) is 11.4. The minimum atomic E-state index is 0.0672. The lowest BCUT2D eigenvalue weighted by Crippen LogP contribution is -2.50. The average Bonchev–Trinajstić information content (AvgIpc) is 2.81. The fraction of sp³-hybridized carbons (Fsp3) is 0.923. The summed E-state index contributed by atoms with van der Waals surface area (Å²) in [6.07, 6.45) is 3.02. The molecule has 1 aliphatic rings. The van der Waals surface area contributed by atoms with Crippen molar-refractivity contribution in [1.29, 1.82) is 0 Å². The normalized spacial score (nSPS) is 17.4. The molecule has 0 aromatic rings. The molecule has 0 unspecified atom stereocenters. The highest BCUT2D eigenvalue weighted by Gasteiger charge is 2.29. The maximum absolute atomic E-state index is 11.6. The molecule has 1 fully saturated rings. The first-order valence-corrected chi connectivity index (χ1v) is 6.66. The van der Waals surface area contributed by atoms with Crippen LogP contribution < -0.4 is 5.32 Å². The molecule has 1 saturated heterocycles. The molecule has 4 heteroatoms. The van der Waals surface area contributed by atoms with E-state index in [1.807, 2.05) is 6.92 Å². The van der Waals surface area contributed by atoms with Crippen LogP contribution in [0.1, 0.15) is 40.0 Å². The second-order valence-corrected chi connectivity index (χ2v) is 5.23. The van der Waals surface area contributed by atoms with E-state index in [1.165, 1.54) is 12.8 Å². The van der Waals surface area contributed by atoms with Crippen molar-refractivity contribution >= 4 is 5.91 Å². The molecule has 0 aliphatic carbocycles. The number of likely N-dealkylation sites (tertiary alicyclic amines) is 1. The van der Waals surface area contributed by atoms with Crippen molar-refractivity contribution in [1.82, 2.24) is 10.2 Å². The fourth-order valence-corrected chi connectivity index (χ4v) is 2.15. The number of carbonyl (C=O) groups excluding carboxylic acids is 1. The Balaban J connectivity index is 2.21. The van der Waals surface area contributed by atoms with Crippen LogP contribution in [-0.4, -0.2) is 49.2 Å². The molecule has 100 valence electrons. The van der Waals surface area contributed by atoms with Gasteiger partial charge in [0.25, 0.3) is 0 Å². The predicted molar refractivity (Wildman–Crippen MR) is 69.0 cm³/mol. The van der Waals surface area contributed by atoms with Gasteiger partial charge in [0.15, 0.2) is 0 Å². The molecule has 1 rings (SSSR count). The predicted octanol–water partition coefficient (Wildman–Crippen LogP) is 1.40. The van der Waals surface area contributed by atoms with Gasteiger partial charge in [0.1, 0.15) is 0 Å². The fourth-order valence-electron chi connectivity index (χ4n) is 2.15. The number of nitrogens with one attached hydrogen (secondary N) is 1. The van der Waals surface area contributed by atoms with Crippen LogP contribution >= 0.6 is 0 Å². The van der Waals surface area contributed by atoms with E-state index in [4.69, 9.17) is 4.74 Å². The van der Waals surface area contributed by atoms with Crippen LogP contribution in [0.2, 0.25) is 0 Å². The third-order valence-corrected chi connectivity index (χ3v) is 3.36. The van der Waals surface area contributed by atoms with Crippen molar-refractivity contribution in [3.63, 3.8) is 0 Å². The van der Waals surface area contributed by atoms with E-state index < -0.39 is 0 Å². The van der Waals surface area contributed by atoms with Crippen molar-refractivity contribution in [2.75, 3.05) is 32.8 Å². The summed E-state index contributed by atoms with van der Waals surface area (Å²) in [5.41, 5.74) is 0.0672. The Hall–Kier alpha value is -0.610. The Morgan fingerprint density at radius 3 is 2.59 bits per heavy atom. The van der Waals surface area contributed by atoms with Crippen LogP contribution in [0.15, 0.2) is 0 Å². The maximum atomic E-state index is 11.6. The van der Waals surface area contributed by atoms with Crippen LogP contribution in [0, 0.1) is 0 Å². The summed E-state index contributed by atoms with van der Waals surface area (Å²) < 4.78 is 5.16. The molecule has 0 aromatic heterocycles. The SMILES string of the molecule is CCOCCC(=O)NCC(C)(C)N1CCCC1. The summed E-state index contributed by atoms with van der Waals surface area (Å²) in [6.45, 7) is 10.6. The van der Waals surface area contributed by atoms with Gasteiger partial charge in [-0.25, -0.2) is 0 Å². The van der Waals surface area contributed by atoms with Crippen molar-refractivity contribution in [2.45, 2.75) is 45.6 Å². The third kappa shape index (κ3) is 5.04.